The number of halogens is 2. The Morgan fingerprint density at radius 2 is 1.46 bits per heavy atom. The van der Waals surface area contributed by atoms with Crippen molar-refractivity contribution in [2.45, 2.75) is 4.90 Å². The zero-order chi connectivity index (χ0) is 19.9. The number of carbonyl (C=O) groups is 2. The number of benzene rings is 3. The van der Waals surface area contributed by atoms with Gasteiger partial charge in [0, 0.05) is 31.9 Å². The van der Waals surface area contributed by atoms with E-state index < -0.39 is 0 Å². The van der Waals surface area contributed by atoms with Gasteiger partial charge in [0.25, 0.3) is 5.91 Å². The van der Waals surface area contributed by atoms with Crippen LogP contribution in [0.3, 0.4) is 0 Å². The quantitative estimate of drug-likeness (QED) is 0.473. The predicted molar refractivity (Wildman–Crippen MR) is 117 cm³/mol. The monoisotopic (exact) mass is 430 g/mol. The van der Waals surface area contributed by atoms with Gasteiger partial charge in [-0.3, -0.25) is 9.59 Å². The summed E-state index contributed by atoms with van der Waals surface area (Å²) in [5.41, 5.74) is 1.82. The average molecular weight is 431 g/mol. The first-order chi connectivity index (χ1) is 13.5. The molecule has 0 spiro atoms. The number of anilines is 2. The molecule has 3 aromatic carbocycles. The summed E-state index contributed by atoms with van der Waals surface area (Å²) in [5.74, 6) is -0.0878. The Morgan fingerprint density at radius 3 is 2.14 bits per heavy atom. The van der Waals surface area contributed by atoms with E-state index in [-0.39, 0.29) is 17.6 Å². The lowest BCUT2D eigenvalue weighted by Crippen LogP contribution is -2.14. The molecule has 2 N–H and O–H groups in total. The summed E-state index contributed by atoms with van der Waals surface area (Å²) < 4.78 is 0. The van der Waals surface area contributed by atoms with Crippen LogP contribution >= 0.6 is 35.0 Å². The molecule has 7 heteroatoms. The fraction of sp³-hybridized carbons (Fsp3) is 0.0476. The molecule has 3 aromatic rings. The molecule has 0 aliphatic carbocycles. The molecule has 0 heterocycles. The third-order valence-corrected chi connectivity index (χ3v) is 5.16. The Balaban J connectivity index is 1.51. The van der Waals surface area contributed by atoms with Crippen LogP contribution in [0, 0.1) is 0 Å². The molecule has 0 radical (unpaired) electrons. The second-order valence-corrected chi connectivity index (χ2v) is 7.76. The minimum Gasteiger partial charge on any atom is -0.325 e. The number of carbonyl (C=O) groups excluding carboxylic acids is 2. The van der Waals surface area contributed by atoms with Crippen LogP contribution in [-0.2, 0) is 4.79 Å². The van der Waals surface area contributed by atoms with E-state index in [0.717, 1.165) is 4.90 Å². The van der Waals surface area contributed by atoms with E-state index in [4.69, 9.17) is 23.2 Å². The molecule has 3 rings (SSSR count). The Kier molecular flexibility index (Phi) is 6.98. The summed E-state index contributed by atoms with van der Waals surface area (Å²) in [4.78, 5) is 25.2. The molecule has 0 bridgehead atoms. The van der Waals surface area contributed by atoms with Crippen molar-refractivity contribution in [2.24, 2.45) is 0 Å². The molecule has 2 amide bonds. The first-order valence-corrected chi connectivity index (χ1v) is 10.1. The van der Waals surface area contributed by atoms with Crippen molar-refractivity contribution in [2.75, 3.05) is 16.4 Å². The molecule has 0 fully saturated rings. The lowest BCUT2D eigenvalue weighted by atomic mass is 10.2. The Labute approximate surface area is 177 Å². The average Bonchev–Trinajstić information content (AvgIpc) is 2.67. The summed E-state index contributed by atoms with van der Waals surface area (Å²) in [5, 5.41) is 6.70. The molecule has 0 saturated carbocycles. The first kappa shape index (κ1) is 20.3. The van der Waals surface area contributed by atoms with Crippen molar-refractivity contribution in [3.63, 3.8) is 0 Å². The van der Waals surface area contributed by atoms with E-state index in [9.17, 15) is 9.59 Å². The predicted octanol–water partition coefficient (Wildman–Crippen LogP) is 5.98. The van der Waals surface area contributed by atoms with Gasteiger partial charge in [-0.2, -0.15) is 0 Å². The number of rotatable bonds is 6. The molecule has 4 nitrogen and oxygen atoms in total. The molecule has 0 aromatic heterocycles. The van der Waals surface area contributed by atoms with Crippen molar-refractivity contribution in [3.8, 4) is 0 Å². The number of hydrogen-bond acceptors (Lipinski definition) is 3. The molecule has 0 saturated heterocycles. The lowest BCUT2D eigenvalue weighted by molar-refractivity contribution is -0.113. The Hall–Kier alpha value is -2.47. The SMILES string of the molecule is O=C(CSc1ccc(NC(=O)c2cccc(Cl)c2)cc1)Nc1cccc(Cl)c1. The molecular formula is C21H16Cl2N2O2S. The highest BCUT2D eigenvalue weighted by molar-refractivity contribution is 8.00. The molecule has 0 atom stereocenters. The largest absolute Gasteiger partial charge is 0.325 e. The number of thioether (sulfide) groups is 1. The fourth-order valence-electron chi connectivity index (χ4n) is 2.38. The first-order valence-electron chi connectivity index (χ1n) is 8.35. The maximum Gasteiger partial charge on any atom is 0.255 e. The third-order valence-electron chi connectivity index (χ3n) is 3.68. The van der Waals surface area contributed by atoms with Crippen molar-refractivity contribution in [1.82, 2.24) is 0 Å². The maximum atomic E-state index is 12.2. The van der Waals surface area contributed by atoms with Gasteiger partial charge in [0.2, 0.25) is 5.91 Å². The third kappa shape index (κ3) is 6.02. The van der Waals surface area contributed by atoms with Crippen molar-refractivity contribution in [3.05, 3.63) is 88.4 Å². The van der Waals surface area contributed by atoms with Gasteiger partial charge in [0.1, 0.15) is 0 Å². The fourth-order valence-corrected chi connectivity index (χ4v) is 3.46. The second kappa shape index (κ2) is 9.64. The van der Waals surface area contributed by atoms with Crippen molar-refractivity contribution in [1.29, 1.82) is 0 Å². The van der Waals surface area contributed by atoms with Gasteiger partial charge in [-0.15, -0.1) is 11.8 Å². The summed E-state index contributed by atoms with van der Waals surface area (Å²) in [6.07, 6.45) is 0. The number of amides is 2. The summed E-state index contributed by atoms with van der Waals surface area (Å²) in [7, 11) is 0. The van der Waals surface area contributed by atoms with Crippen LogP contribution in [0.2, 0.25) is 10.0 Å². The van der Waals surface area contributed by atoms with Crippen LogP contribution in [0.25, 0.3) is 0 Å². The standard InChI is InChI=1S/C21H16Cl2N2O2S/c22-15-4-1-3-14(11-15)21(27)25-17-7-9-19(10-8-17)28-13-20(26)24-18-6-2-5-16(23)12-18/h1-12H,13H2,(H,24,26)(H,25,27). The lowest BCUT2D eigenvalue weighted by Gasteiger charge is -2.08. The highest BCUT2D eigenvalue weighted by atomic mass is 35.5. The normalized spacial score (nSPS) is 10.4. The molecule has 28 heavy (non-hydrogen) atoms. The van der Waals surface area contributed by atoms with Gasteiger partial charge in [-0.1, -0.05) is 35.3 Å². The van der Waals surface area contributed by atoms with Gasteiger partial charge in [-0.25, -0.2) is 0 Å². The van der Waals surface area contributed by atoms with Crippen LogP contribution < -0.4 is 10.6 Å². The van der Waals surface area contributed by atoms with E-state index >= 15 is 0 Å². The van der Waals surface area contributed by atoms with Crippen LogP contribution in [0.1, 0.15) is 10.4 Å². The van der Waals surface area contributed by atoms with Gasteiger partial charge in [0.15, 0.2) is 0 Å². The summed E-state index contributed by atoms with van der Waals surface area (Å²) in [6, 6.07) is 21.0. The van der Waals surface area contributed by atoms with Gasteiger partial charge in [0.05, 0.1) is 5.75 Å². The molecular weight excluding hydrogens is 415 g/mol. The van der Waals surface area contributed by atoms with Crippen LogP contribution in [0.15, 0.2) is 77.7 Å². The zero-order valence-corrected chi connectivity index (χ0v) is 16.9. The molecule has 142 valence electrons. The van der Waals surface area contributed by atoms with E-state index in [1.807, 2.05) is 12.1 Å². The highest BCUT2D eigenvalue weighted by Gasteiger charge is 2.08. The maximum absolute atomic E-state index is 12.2. The van der Waals surface area contributed by atoms with E-state index in [2.05, 4.69) is 10.6 Å². The van der Waals surface area contributed by atoms with Gasteiger partial charge < -0.3 is 10.6 Å². The Morgan fingerprint density at radius 1 is 0.786 bits per heavy atom. The van der Waals surface area contributed by atoms with E-state index in [1.165, 1.54) is 11.8 Å². The minimum absolute atomic E-state index is 0.120. The highest BCUT2D eigenvalue weighted by Crippen LogP contribution is 2.22. The summed E-state index contributed by atoms with van der Waals surface area (Å²) >= 11 is 13.2. The van der Waals surface area contributed by atoms with E-state index in [1.54, 1.807) is 60.7 Å². The smallest absolute Gasteiger partial charge is 0.255 e. The van der Waals surface area contributed by atoms with Crippen LogP contribution in [-0.4, -0.2) is 17.6 Å². The molecule has 0 unspecified atom stereocenters. The second-order valence-electron chi connectivity index (χ2n) is 5.84. The summed E-state index contributed by atoms with van der Waals surface area (Å²) in [6.45, 7) is 0. The van der Waals surface area contributed by atoms with Crippen LogP contribution in [0.4, 0.5) is 11.4 Å². The van der Waals surface area contributed by atoms with Gasteiger partial charge >= 0.3 is 0 Å². The number of hydrogen-bond donors (Lipinski definition) is 2. The topological polar surface area (TPSA) is 58.2 Å². The van der Waals surface area contributed by atoms with Crippen molar-refractivity contribution >= 4 is 58.2 Å². The van der Waals surface area contributed by atoms with Crippen LogP contribution in [0.5, 0.6) is 0 Å². The molecule has 0 aliphatic rings. The minimum atomic E-state index is -0.233. The van der Waals surface area contributed by atoms with Gasteiger partial charge in [-0.05, 0) is 60.7 Å². The van der Waals surface area contributed by atoms with Crippen molar-refractivity contribution < 1.29 is 9.59 Å². The Bertz CT molecular complexity index is 994. The molecule has 0 aliphatic heterocycles. The van der Waals surface area contributed by atoms with E-state index in [0.29, 0.717) is 27.0 Å². The zero-order valence-electron chi connectivity index (χ0n) is 14.6. The number of nitrogens with one attached hydrogen (secondary N) is 2.